The smallest absolute Gasteiger partial charge is 0.377 e. The average molecular weight is 453 g/mol. The summed E-state index contributed by atoms with van der Waals surface area (Å²) in [6, 6.07) is 5.54. The molecule has 0 bridgehead atoms. The first-order chi connectivity index (χ1) is 15.1. The number of carbonyl (C=O) groups is 2. The van der Waals surface area contributed by atoms with E-state index in [2.05, 4.69) is 5.32 Å². The molecule has 6 atom stereocenters. The van der Waals surface area contributed by atoms with Crippen LogP contribution >= 0.6 is 0 Å². The Labute approximate surface area is 180 Å². The summed E-state index contributed by atoms with van der Waals surface area (Å²) in [6.45, 7) is 0.242. The van der Waals surface area contributed by atoms with Crippen molar-refractivity contribution in [2.24, 2.45) is 0 Å². The molecule has 6 N–H and O–H groups in total. The summed E-state index contributed by atoms with van der Waals surface area (Å²) in [5.41, 5.74) is -0.526. The maximum atomic E-state index is 12.2. The van der Waals surface area contributed by atoms with Gasteiger partial charge in [0.2, 0.25) is 5.91 Å². The number of hydrogen-bond donors (Lipinski definition) is 6. The summed E-state index contributed by atoms with van der Waals surface area (Å²) in [7, 11) is 0. The van der Waals surface area contributed by atoms with E-state index in [0.29, 0.717) is 5.39 Å². The van der Waals surface area contributed by atoms with Crippen molar-refractivity contribution in [1.29, 1.82) is 0 Å². The van der Waals surface area contributed by atoms with E-state index in [4.69, 9.17) is 19.0 Å². The van der Waals surface area contributed by atoms with Gasteiger partial charge in [-0.25, -0.2) is 9.59 Å². The third-order valence-corrected chi connectivity index (χ3v) is 5.06. The highest BCUT2D eigenvalue weighted by Crippen LogP contribution is 2.35. The van der Waals surface area contributed by atoms with Gasteiger partial charge in [0.1, 0.15) is 29.6 Å². The second-order valence-electron chi connectivity index (χ2n) is 7.43. The van der Waals surface area contributed by atoms with Crippen molar-refractivity contribution in [3.63, 3.8) is 0 Å². The quantitative estimate of drug-likeness (QED) is 0.262. The third-order valence-electron chi connectivity index (χ3n) is 5.06. The van der Waals surface area contributed by atoms with Crippen molar-refractivity contribution >= 4 is 22.8 Å². The molecule has 0 aliphatic carbocycles. The van der Waals surface area contributed by atoms with Crippen molar-refractivity contribution in [3.05, 3.63) is 40.8 Å². The van der Waals surface area contributed by atoms with Crippen LogP contribution in [-0.4, -0.2) is 80.3 Å². The molecule has 12 nitrogen and oxygen atoms in total. The molecule has 3 rings (SSSR count). The van der Waals surface area contributed by atoms with Gasteiger partial charge in [0.25, 0.3) is 0 Å². The van der Waals surface area contributed by atoms with Crippen LogP contribution in [0, 0.1) is 0 Å². The fraction of sp³-hybridized carbons (Fsp3) is 0.450. The lowest BCUT2D eigenvalue weighted by molar-refractivity contribution is -0.284. The molecule has 1 aromatic carbocycles. The van der Waals surface area contributed by atoms with Crippen LogP contribution in [0.3, 0.4) is 0 Å². The fourth-order valence-electron chi connectivity index (χ4n) is 3.53. The third kappa shape index (κ3) is 4.74. The largest absolute Gasteiger partial charge is 0.476 e. The number of carboxylic acid groups (broad SMARTS) is 1. The Hall–Kier alpha value is -3.03. The van der Waals surface area contributed by atoms with Crippen LogP contribution in [0.1, 0.15) is 13.3 Å². The molecule has 2 heterocycles. The summed E-state index contributed by atoms with van der Waals surface area (Å²) in [4.78, 5) is 35.2. The summed E-state index contributed by atoms with van der Waals surface area (Å²) < 4.78 is 16.1. The number of aliphatic hydroxyl groups excluding tert-OH is 4. The van der Waals surface area contributed by atoms with Crippen molar-refractivity contribution in [2.75, 3.05) is 6.61 Å². The number of fused-ring (bicyclic) bond motifs is 1. The van der Waals surface area contributed by atoms with Gasteiger partial charge in [-0.3, -0.25) is 4.79 Å². The van der Waals surface area contributed by atoms with Crippen LogP contribution in [0.2, 0.25) is 0 Å². The Balaban J connectivity index is 1.99. The maximum absolute atomic E-state index is 12.2. The van der Waals surface area contributed by atoms with Crippen molar-refractivity contribution in [1.82, 2.24) is 5.32 Å². The van der Waals surface area contributed by atoms with Gasteiger partial charge in [-0.1, -0.05) is 0 Å². The number of carbonyl (C=O) groups excluding carboxylic acids is 1. The van der Waals surface area contributed by atoms with E-state index in [0.717, 1.165) is 6.92 Å². The van der Waals surface area contributed by atoms with Crippen LogP contribution in [0.25, 0.3) is 11.0 Å². The Bertz CT molecular complexity index is 1050. The topological polar surface area (TPSA) is 196 Å². The highest BCUT2D eigenvalue weighted by molar-refractivity contribution is 5.79. The molecule has 1 aliphatic heterocycles. The Morgan fingerprint density at radius 3 is 2.59 bits per heavy atom. The molecular weight excluding hydrogens is 430 g/mol. The zero-order valence-corrected chi connectivity index (χ0v) is 16.9. The molecule has 1 aromatic heterocycles. The first-order valence-electron chi connectivity index (χ1n) is 9.62. The van der Waals surface area contributed by atoms with Crippen molar-refractivity contribution in [3.8, 4) is 5.75 Å². The van der Waals surface area contributed by atoms with E-state index >= 15 is 0 Å². The van der Waals surface area contributed by atoms with E-state index in [1.807, 2.05) is 0 Å². The van der Waals surface area contributed by atoms with Gasteiger partial charge in [0, 0.05) is 24.4 Å². The maximum Gasteiger partial charge on any atom is 0.377 e. The highest BCUT2D eigenvalue weighted by Gasteiger charge is 2.56. The first-order valence-corrected chi connectivity index (χ1v) is 9.62. The minimum Gasteiger partial charge on any atom is -0.476 e. The fourth-order valence-corrected chi connectivity index (χ4v) is 3.53. The molecule has 32 heavy (non-hydrogen) atoms. The van der Waals surface area contributed by atoms with Gasteiger partial charge in [-0.05, 0) is 18.2 Å². The highest BCUT2D eigenvalue weighted by atomic mass is 16.7. The summed E-state index contributed by atoms with van der Waals surface area (Å²) in [5, 5.41) is 52.8. The second-order valence-corrected chi connectivity index (χ2v) is 7.43. The molecule has 12 heteroatoms. The van der Waals surface area contributed by atoms with Crippen LogP contribution in [0.5, 0.6) is 5.75 Å². The van der Waals surface area contributed by atoms with Gasteiger partial charge >= 0.3 is 17.4 Å². The minimum atomic E-state index is -2.54. The molecule has 0 saturated carbocycles. The molecular formula is C20H23NO11. The minimum absolute atomic E-state index is 0.0876. The average Bonchev–Trinajstić information content (AvgIpc) is 2.73. The van der Waals surface area contributed by atoms with Crippen LogP contribution in [0.15, 0.2) is 39.5 Å². The number of aliphatic hydroxyl groups is 4. The number of ether oxygens (including phenoxy) is 2. The molecule has 174 valence electrons. The van der Waals surface area contributed by atoms with Gasteiger partial charge in [-0.2, -0.15) is 0 Å². The molecule has 1 fully saturated rings. The zero-order valence-electron chi connectivity index (χ0n) is 16.9. The number of benzene rings is 1. The van der Waals surface area contributed by atoms with Gasteiger partial charge in [-0.15, -0.1) is 0 Å². The first kappa shape index (κ1) is 23.6. The number of nitrogens with one attached hydrogen (secondary N) is 1. The number of carboxylic acids is 1. The molecule has 1 saturated heterocycles. The Morgan fingerprint density at radius 2 is 1.97 bits per heavy atom. The standard InChI is InChI=1S/C20H23NO11/c1-9(23)21-16-12(24)7-20(19(28)29,32-18(16)17(27)13(25)8-22)31-11-4-2-10-3-5-15(26)30-14(10)6-11/h2-6,12-13,16-18,22,24-25,27H,7-8H2,1H3,(H,21,23)(H,28,29)/t12-,13+,16+,17+,18+,20-/m0/s1. The van der Waals surface area contributed by atoms with Crippen LogP contribution < -0.4 is 15.7 Å². The summed E-state index contributed by atoms with van der Waals surface area (Å²) in [5.74, 6) is -4.90. The lowest BCUT2D eigenvalue weighted by Gasteiger charge is -2.46. The van der Waals surface area contributed by atoms with Crippen LogP contribution in [-0.2, 0) is 14.3 Å². The van der Waals surface area contributed by atoms with Gasteiger partial charge in [0.15, 0.2) is 0 Å². The normalized spacial score (nSPS) is 27.5. The van der Waals surface area contributed by atoms with Gasteiger partial charge < -0.3 is 44.7 Å². The summed E-state index contributed by atoms with van der Waals surface area (Å²) in [6.07, 6.45) is -7.55. The zero-order chi connectivity index (χ0) is 23.6. The van der Waals surface area contributed by atoms with E-state index in [1.165, 1.54) is 30.3 Å². The number of amides is 1. The molecule has 2 aromatic rings. The van der Waals surface area contributed by atoms with Crippen LogP contribution in [0.4, 0.5) is 0 Å². The summed E-state index contributed by atoms with van der Waals surface area (Å²) >= 11 is 0. The number of rotatable bonds is 7. The monoisotopic (exact) mass is 453 g/mol. The SMILES string of the molecule is CC(=O)N[C@H]1[C@H]([C@H](O)[C@H](O)CO)O[C@](Oc2ccc3ccc(=O)oc3c2)(C(=O)O)C[C@@H]1O. The van der Waals surface area contributed by atoms with Gasteiger partial charge in [0.05, 0.1) is 25.2 Å². The molecule has 1 aliphatic rings. The van der Waals surface area contributed by atoms with Crippen molar-refractivity contribution < 1.29 is 49.0 Å². The molecule has 0 radical (unpaired) electrons. The molecule has 1 amide bonds. The van der Waals surface area contributed by atoms with E-state index in [1.54, 1.807) is 0 Å². The Kier molecular flexibility index (Phi) is 6.81. The van der Waals surface area contributed by atoms with Crippen molar-refractivity contribution in [2.45, 2.75) is 49.6 Å². The molecule has 0 unspecified atom stereocenters. The number of hydrogen-bond acceptors (Lipinski definition) is 10. The lowest BCUT2D eigenvalue weighted by Crippen LogP contribution is -2.68. The second kappa shape index (κ2) is 9.22. The predicted octanol–water partition coefficient (Wildman–Crippen LogP) is -1.68. The van der Waals surface area contributed by atoms with E-state index in [-0.39, 0.29) is 11.3 Å². The Morgan fingerprint density at radius 1 is 1.28 bits per heavy atom. The number of aliphatic carboxylic acids is 1. The predicted molar refractivity (Wildman–Crippen MR) is 106 cm³/mol. The lowest BCUT2D eigenvalue weighted by atomic mass is 9.88. The van der Waals surface area contributed by atoms with E-state index < -0.39 is 66.8 Å². The van der Waals surface area contributed by atoms with E-state index in [9.17, 15) is 34.8 Å². The molecule has 0 spiro atoms.